The second kappa shape index (κ2) is 6.69. The number of hydrogen-bond donors (Lipinski definition) is 0. The highest BCUT2D eigenvalue weighted by Crippen LogP contribution is 2.42. The molecule has 0 N–H and O–H groups in total. The van der Waals surface area contributed by atoms with Gasteiger partial charge in [-0.1, -0.05) is 29.8 Å². The molecule has 0 saturated carbocycles. The van der Waals surface area contributed by atoms with E-state index in [0.29, 0.717) is 36.9 Å². The van der Waals surface area contributed by atoms with Crippen LogP contribution in [0.25, 0.3) is 6.08 Å². The number of ketones is 1. The van der Waals surface area contributed by atoms with Crippen LogP contribution in [-0.4, -0.2) is 17.4 Å². The number of rotatable bonds is 3. The zero-order valence-corrected chi connectivity index (χ0v) is 15.5. The minimum atomic E-state index is -0.0958. The lowest BCUT2D eigenvalue weighted by atomic mass is 10.0. The van der Waals surface area contributed by atoms with Gasteiger partial charge in [0, 0.05) is 6.54 Å². The van der Waals surface area contributed by atoms with E-state index >= 15 is 0 Å². The molecular weight excluding hydrogens is 354 g/mol. The molecule has 0 bridgehead atoms. The van der Waals surface area contributed by atoms with Crippen molar-refractivity contribution in [2.24, 2.45) is 0 Å². The fraction of sp³-hybridized carbons (Fsp3) is 0.174. The van der Waals surface area contributed by atoms with Crippen LogP contribution >= 0.6 is 0 Å². The molecule has 28 heavy (non-hydrogen) atoms. The van der Waals surface area contributed by atoms with Gasteiger partial charge in [0.05, 0.1) is 23.9 Å². The van der Waals surface area contributed by atoms with E-state index in [4.69, 9.17) is 13.9 Å². The number of benzene rings is 2. The van der Waals surface area contributed by atoms with Crippen LogP contribution < -0.4 is 9.47 Å². The monoisotopic (exact) mass is 373 g/mol. The van der Waals surface area contributed by atoms with E-state index in [9.17, 15) is 4.79 Å². The Labute approximate surface area is 162 Å². The van der Waals surface area contributed by atoms with Crippen molar-refractivity contribution in [1.29, 1.82) is 0 Å². The summed E-state index contributed by atoms with van der Waals surface area (Å²) in [6.07, 6.45) is 3.45. The van der Waals surface area contributed by atoms with Crippen molar-refractivity contribution in [1.82, 2.24) is 4.90 Å². The predicted molar refractivity (Wildman–Crippen MR) is 104 cm³/mol. The molecule has 0 amide bonds. The Morgan fingerprint density at radius 1 is 1.11 bits per heavy atom. The van der Waals surface area contributed by atoms with E-state index in [1.807, 2.05) is 49.4 Å². The Hall–Kier alpha value is -3.31. The number of allylic oxidation sites excluding steroid dienone is 1. The van der Waals surface area contributed by atoms with Crippen LogP contribution in [-0.2, 0) is 13.1 Å². The Morgan fingerprint density at radius 2 is 1.96 bits per heavy atom. The first-order valence-corrected chi connectivity index (χ1v) is 9.22. The maximum atomic E-state index is 12.8. The number of carbonyl (C=O) groups is 1. The fourth-order valence-electron chi connectivity index (χ4n) is 3.54. The van der Waals surface area contributed by atoms with Crippen LogP contribution in [0, 0.1) is 6.92 Å². The molecule has 0 aliphatic carbocycles. The van der Waals surface area contributed by atoms with Gasteiger partial charge in [-0.15, -0.1) is 0 Å². The normalized spacial score (nSPS) is 17.2. The summed E-state index contributed by atoms with van der Waals surface area (Å²) < 4.78 is 17.3. The molecule has 0 fully saturated rings. The van der Waals surface area contributed by atoms with Gasteiger partial charge < -0.3 is 13.9 Å². The smallest absolute Gasteiger partial charge is 0.231 e. The van der Waals surface area contributed by atoms with Crippen LogP contribution in [0.3, 0.4) is 0 Å². The molecule has 2 aromatic carbocycles. The quantitative estimate of drug-likeness (QED) is 0.630. The fourth-order valence-corrected chi connectivity index (χ4v) is 3.54. The third kappa shape index (κ3) is 3.00. The number of aryl methyl sites for hydroxylation is 1. The van der Waals surface area contributed by atoms with Gasteiger partial charge in [0.2, 0.25) is 5.78 Å². The largest absolute Gasteiger partial charge is 0.478 e. The Bertz CT molecular complexity index is 1060. The van der Waals surface area contributed by atoms with Crippen LogP contribution in [0.4, 0.5) is 0 Å². The van der Waals surface area contributed by atoms with Crippen molar-refractivity contribution in [3.05, 3.63) is 88.6 Å². The summed E-state index contributed by atoms with van der Waals surface area (Å²) in [5.74, 6) is 2.48. The van der Waals surface area contributed by atoms with Crippen LogP contribution in [0.1, 0.15) is 32.8 Å². The summed E-state index contributed by atoms with van der Waals surface area (Å²) in [5, 5.41) is 0. The van der Waals surface area contributed by atoms with Crippen molar-refractivity contribution in [3.63, 3.8) is 0 Å². The zero-order chi connectivity index (χ0) is 19.1. The van der Waals surface area contributed by atoms with Crippen molar-refractivity contribution in [2.45, 2.75) is 20.0 Å². The van der Waals surface area contributed by atoms with Gasteiger partial charge in [-0.3, -0.25) is 9.69 Å². The lowest BCUT2D eigenvalue weighted by Gasteiger charge is -2.29. The van der Waals surface area contributed by atoms with Gasteiger partial charge in [-0.2, -0.15) is 0 Å². The summed E-state index contributed by atoms with van der Waals surface area (Å²) in [6, 6.07) is 15.4. The molecule has 0 radical (unpaired) electrons. The second-order valence-electron chi connectivity index (χ2n) is 7.11. The molecule has 5 rings (SSSR count). The standard InChI is InChI=1S/C23H19NO4/c1-15-4-6-16(7-5-15)11-21-22(25)18-8-9-20-19(23(18)28-21)13-24(14-27-20)12-17-3-2-10-26-17/h2-11H,12-14H2,1H3/b21-11-. The zero-order valence-electron chi connectivity index (χ0n) is 15.5. The van der Waals surface area contributed by atoms with Crippen LogP contribution in [0.15, 0.2) is 65.0 Å². The number of ether oxygens (including phenoxy) is 2. The third-order valence-corrected chi connectivity index (χ3v) is 5.02. The number of nitrogens with zero attached hydrogens (tertiary/aromatic N) is 1. The first kappa shape index (κ1) is 16.8. The summed E-state index contributed by atoms with van der Waals surface area (Å²) >= 11 is 0. The average molecular weight is 373 g/mol. The predicted octanol–water partition coefficient (Wildman–Crippen LogP) is 4.56. The highest BCUT2D eigenvalue weighted by Gasteiger charge is 2.33. The average Bonchev–Trinajstić information content (AvgIpc) is 3.32. The summed E-state index contributed by atoms with van der Waals surface area (Å²) in [5.41, 5.74) is 3.59. The Morgan fingerprint density at radius 3 is 2.75 bits per heavy atom. The molecule has 140 valence electrons. The third-order valence-electron chi connectivity index (χ3n) is 5.02. The highest BCUT2D eigenvalue weighted by molar-refractivity contribution is 6.15. The molecule has 5 heteroatoms. The van der Waals surface area contributed by atoms with Gasteiger partial charge in [0.25, 0.3) is 0 Å². The summed E-state index contributed by atoms with van der Waals surface area (Å²) in [7, 11) is 0. The molecule has 0 saturated heterocycles. The van der Waals surface area contributed by atoms with Crippen LogP contribution in [0.2, 0.25) is 0 Å². The van der Waals surface area contributed by atoms with Gasteiger partial charge in [-0.05, 0) is 42.8 Å². The lowest BCUT2D eigenvalue weighted by molar-refractivity contribution is 0.0810. The van der Waals surface area contributed by atoms with Crippen molar-refractivity contribution in [2.75, 3.05) is 6.73 Å². The summed E-state index contributed by atoms with van der Waals surface area (Å²) in [6.45, 7) is 3.76. The van der Waals surface area contributed by atoms with Gasteiger partial charge in [0.15, 0.2) is 5.76 Å². The molecule has 0 unspecified atom stereocenters. The first-order valence-electron chi connectivity index (χ1n) is 9.22. The highest BCUT2D eigenvalue weighted by atomic mass is 16.5. The SMILES string of the molecule is Cc1ccc(/C=C2\Oc3c(ccc4c3CN(Cc3ccco3)CO4)C2=O)cc1. The number of furan rings is 1. The second-order valence-corrected chi connectivity index (χ2v) is 7.11. The minimum Gasteiger partial charge on any atom is -0.478 e. The molecular formula is C23H19NO4. The minimum absolute atomic E-state index is 0.0958. The van der Waals surface area contributed by atoms with E-state index in [0.717, 1.165) is 22.6 Å². The number of hydrogen-bond acceptors (Lipinski definition) is 5. The maximum absolute atomic E-state index is 12.8. The number of Topliss-reactive ketones (excluding diaryl/α,β-unsaturated/α-hetero) is 1. The lowest BCUT2D eigenvalue weighted by Crippen LogP contribution is -2.31. The number of fused-ring (bicyclic) bond motifs is 3. The van der Waals surface area contributed by atoms with E-state index in [2.05, 4.69) is 4.90 Å². The molecule has 2 aliphatic heterocycles. The molecule has 0 atom stereocenters. The first-order chi connectivity index (χ1) is 13.7. The molecule has 2 aliphatic rings. The van der Waals surface area contributed by atoms with Crippen molar-refractivity contribution >= 4 is 11.9 Å². The van der Waals surface area contributed by atoms with Gasteiger partial charge in [-0.25, -0.2) is 0 Å². The maximum Gasteiger partial charge on any atom is 0.231 e. The number of carbonyl (C=O) groups excluding carboxylic acids is 1. The molecule has 3 aromatic rings. The van der Waals surface area contributed by atoms with Crippen molar-refractivity contribution < 1.29 is 18.7 Å². The van der Waals surface area contributed by atoms with E-state index in [-0.39, 0.29) is 5.78 Å². The Balaban J connectivity index is 1.44. The van der Waals surface area contributed by atoms with Crippen LogP contribution in [0.5, 0.6) is 11.5 Å². The van der Waals surface area contributed by atoms with Gasteiger partial charge in [0.1, 0.15) is 24.0 Å². The van der Waals surface area contributed by atoms with Crippen molar-refractivity contribution in [3.8, 4) is 11.5 Å². The van der Waals surface area contributed by atoms with E-state index < -0.39 is 0 Å². The van der Waals surface area contributed by atoms with Gasteiger partial charge >= 0.3 is 0 Å². The topological polar surface area (TPSA) is 51.9 Å². The Kier molecular flexibility index (Phi) is 4.02. The van der Waals surface area contributed by atoms with E-state index in [1.165, 1.54) is 5.56 Å². The molecule has 1 aromatic heterocycles. The summed E-state index contributed by atoms with van der Waals surface area (Å²) in [4.78, 5) is 14.9. The molecule has 5 nitrogen and oxygen atoms in total. The molecule has 3 heterocycles. The van der Waals surface area contributed by atoms with E-state index in [1.54, 1.807) is 18.4 Å². The molecule has 0 spiro atoms.